The zero-order valence-electron chi connectivity index (χ0n) is 37.8. The molecule has 2 unspecified atom stereocenters. The fourth-order valence-electron chi connectivity index (χ4n) is 10.8. The average molecular weight is 876 g/mol. The highest BCUT2D eigenvalue weighted by Crippen LogP contribution is 2.66. The quantitative estimate of drug-likeness (QED) is 0.0696. The van der Waals surface area contributed by atoms with Crippen LogP contribution in [0.25, 0.3) is 6.08 Å². The Morgan fingerprint density at radius 1 is 0.844 bits per heavy atom. The number of Topliss-reactive ketones (excluding diaryl/α,β-unsaturated/α-hetero) is 1. The molecule has 1 heterocycles. The number of benzene rings is 3. The summed E-state index contributed by atoms with van der Waals surface area (Å²) in [7, 11) is 3.84. The molecule has 0 amide bonds. The minimum Gasteiger partial charge on any atom is -0.458 e. The first kappa shape index (κ1) is 46.2. The van der Waals surface area contributed by atoms with Crippen molar-refractivity contribution in [2.75, 3.05) is 25.6 Å². The molecule has 338 valence electrons. The summed E-state index contributed by atoms with van der Waals surface area (Å²) >= 11 is 0. The van der Waals surface area contributed by atoms with Crippen molar-refractivity contribution in [2.24, 2.45) is 22.7 Å². The van der Waals surface area contributed by atoms with Crippen molar-refractivity contribution in [3.05, 3.63) is 118 Å². The SMILES string of the molecule is CC(=O)O[C@H]1C(=O)[C@@]2(C)C(C(OCc3ccccc3)[C@]3(O)C[C@H](OC(C)=O)C(C)=C1C3(C)C)[C@]1(OC(C)=O)CO[C@@H]1C[C@@H]2C(=O)/C=C/c1ccc(C(=O)c2ccc(N(C)C)cc2)cc1. The number of ether oxygens (including phenoxy) is 5. The van der Waals surface area contributed by atoms with Crippen LogP contribution in [0.1, 0.15) is 88.4 Å². The molecular formula is C51H57NO12. The Kier molecular flexibility index (Phi) is 12.5. The van der Waals surface area contributed by atoms with E-state index in [2.05, 4.69) is 0 Å². The third kappa shape index (κ3) is 7.92. The number of hydrogen-bond acceptors (Lipinski definition) is 13. The van der Waals surface area contributed by atoms with Gasteiger partial charge in [-0.3, -0.25) is 28.8 Å². The Hall–Kier alpha value is -5.76. The third-order valence-corrected chi connectivity index (χ3v) is 14.2. The van der Waals surface area contributed by atoms with E-state index in [0.29, 0.717) is 22.3 Å². The Bertz CT molecular complexity index is 2400. The maximum atomic E-state index is 16.0. The van der Waals surface area contributed by atoms with Crippen molar-refractivity contribution < 1.29 is 57.6 Å². The van der Waals surface area contributed by atoms with Crippen LogP contribution in [0.4, 0.5) is 5.69 Å². The van der Waals surface area contributed by atoms with E-state index in [1.54, 1.807) is 70.2 Å². The Morgan fingerprint density at radius 3 is 2.00 bits per heavy atom. The lowest BCUT2D eigenvalue weighted by molar-refractivity contribution is -0.344. The molecule has 0 spiro atoms. The molecule has 3 fully saturated rings. The molecule has 13 heteroatoms. The number of ketones is 3. The van der Waals surface area contributed by atoms with Crippen LogP contribution in [-0.2, 0) is 54.3 Å². The van der Waals surface area contributed by atoms with Gasteiger partial charge in [-0.25, -0.2) is 0 Å². The van der Waals surface area contributed by atoms with Gasteiger partial charge in [-0.1, -0.05) is 81.4 Å². The van der Waals surface area contributed by atoms with Crippen LogP contribution >= 0.6 is 0 Å². The average Bonchev–Trinajstić information content (AvgIpc) is 3.23. The molecule has 9 atom stereocenters. The molecule has 1 N–H and O–H groups in total. The van der Waals surface area contributed by atoms with E-state index in [1.165, 1.54) is 26.8 Å². The summed E-state index contributed by atoms with van der Waals surface area (Å²) in [5.74, 6) is -5.88. The molecule has 3 aromatic carbocycles. The standard InChI is InChI=1S/C51H57NO12/c1-29-40(62-30(2)53)26-51(59)47(60-27-34-13-11-10-12-14-34)45-49(7,46(58)44(63-31(3)54)42(29)48(51,5)6)38(25-41-50(45,28-61-41)64-32(4)55)39(56)24-17-33-15-18-35(19-16-33)43(57)36-20-22-37(23-21-36)52(8)9/h10-24,38,40-41,44-45,47,59H,25-28H2,1-9H3/b24-17+/t38-,40+,41-,44-,45?,47?,49-,50+,51-/m1/s1. The highest BCUT2D eigenvalue weighted by atomic mass is 16.6. The fraction of sp³-hybridized carbons (Fsp3) is 0.451. The van der Waals surface area contributed by atoms with E-state index in [0.717, 1.165) is 11.3 Å². The van der Waals surface area contributed by atoms with Gasteiger partial charge in [0.25, 0.3) is 0 Å². The van der Waals surface area contributed by atoms with Gasteiger partial charge in [0.05, 0.1) is 19.3 Å². The predicted octanol–water partition coefficient (Wildman–Crippen LogP) is 6.42. The summed E-state index contributed by atoms with van der Waals surface area (Å²) in [5.41, 5.74) is -2.97. The number of nitrogens with zero attached hydrogens (tertiary/aromatic N) is 1. The van der Waals surface area contributed by atoms with Gasteiger partial charge in [-0.15, -0.1) is 0 Å². The van der Waals surface area contributed by atoms with Crippen LogP contribution in [0.3, 0.4) is 0 Å². The second-order valence-corrected chi connectivity index (χ2v) is 18.5. The molecule has 7 rings (SSSR count). The second-order valence-electron chi connectivity index (χ2n) is 18.5. The van der Waals surface area contributed by atoms with E-state index in [4.69, 9.17) is 23.7 Å². The molecule has 3 aromatic rings. The van der Waals surface area contributed by atoms with Gasteiger partial charge in [-0.2, -0.15) is 0 Å². The number of carbonyl (C=O) groups excluding carboxylic acids is 6. The molecular weight excluding hydrogens is 819 g/mol. The van der Waals surface area contributed by atoms with Crippen molar-refractivity contribution in [1.82, 2.24) is 0 Å². The maximum Gasteiger partial charge on any atom is 0.303 e. The predicted molar refractivity (Wildman–Crippen MR) is 236 cm³/mol. The van der Waals surface area contributed by atoms with Crippen LogP contribution in [0, 0.1) is 22.7 Å². The maximum absolute atomic E-state index is 16.0. The van der Waals surface area contributed by atoms with E-state index in [-0.39, 0.29) is 37.4 Å². The van der Waals surface area contributed by atoms with Gasteiger partial charge in [0, 0.05) is 80.8 Å². The molecule has 13 nitrogen and oxygen atoms in total. The highest BCUT2D eigenvalue weighted by molar-refractivity contribution is 6.09. The highest BCUT2D eigenvalue weighted by Gasteiger charge is 2.78. The summed E-state index contributed by atoms with van der Waals surface area (Å²) in [6.45, 7) is 10.1. The van der Waals surface area contributed by atoms with Crippen molar-refractivity contribution in [3.8, 4) is 0 Å². The number of hydrogen-bond donors (Lipinski definition) is 1. The number of esters is 3. The number of carbonyl (C=O) groups is 6. The number of anilines is 1. The monoisotopic (exact) mass is 875 g/mol. The molecule has 4 aliphatic rings. The zero-order chi connectivity index (χ0) is 46.5. The summed E-state index contributed by atoms with van der Waals surface area (Å²) < 4.78 is 31.2. The summed E-state index contributed by atoms with van der Waals surface area (Å²) in [5, 5.41) is 13.7. The number of allylic oxidation sites excluding steroid dienone is 1. The van der Waals surface area contributed by atoms with Gasteiger partial charge in [-0.05, 0) is 66.0 Å². The van der Waals surface area contributed by atoms with Gasteiger partial charge >= 0.3 is 17.9 Å². The smallest absolute Gasteiger partial charge is 0.303 e. The zero-order valence-corrected chi connectivity index (χ0v) is 37.8. The van der Waals surface area contributed by atoms with Crippen LogP contribution in [0.2, 0.25) is 0 Å². The van der Waals surface area contributed by atoms with Gasteiger partial charge in [0.15, 0.2) is 29.1 Å². The molecule has 0 radical (unpaired) electrons. The Balaban J connectivity index is 1.37. The lowest BCUT2D eigenvalue weighted by Crippen LogP contribution is -2.81. The summed E-state index contributed by atoms with van der Waals surface area (Å²) in [6, 6.07) is 23.3. The first-order valence-electron chi connectivity index (χ1n) is 21.6. The molecule has 3 aliphatic carbocycles. The number of fused-ring (bicyclic) bond motifs is 5. The lowest BCUT2D eigenvalue weighted by Gasteiger charge is -2.68. The summed E-state index contributed by atoms with van der Waals surface area (Å²) in [4.78, 5) is 85.2. The van der Waals surface area contributed by atoms with E-state index < -0.39 is 87.8 Å². The molecule has 1 saturated heterocycles. The van der Waals surface area contributed by atoms with Crippen LogP contribution in [0.15, 0.2) is 96.1 Å². The van der Waals surface area contributed by atoms with E-state index in [9.17, 15) is 29.1 Å². The Labute approximate surface area is 373 Å². The number of aliphatic hydroxyl groups is 1. The second kappa shape index (κ2) is 17.3. The molecule has 1 aliphatic heterocycles. The molecule has 64 heavy (non-hydrogen) atoms. The Morgan fingerprint density at radius 2 is 1.45 bits per heavy atom. The van der Waals surface area contributed by atoms with Crippen molar-refractivity contribution >= 4 is 47.0 Å². The van der Waals surface area contributed by atoms with Crippen molar-refractivity contribution in [1.29, 1.82) is 0 Å². The molecule has 2 bridgehead atoms. The van der Waals surface area contributed by atoms with Gasteiger partial charge < -0.3 is 33.7 Å². The van der Waals surface area contributed by atoms with Crippen molar-refractivity contribution in [2.45, 2.75) is 104 Å². The van der Waals surface area contributed by atoms with Crippen LogP contribution < -0.4 is 4.90 Å². The van der Waals surface area contributed by atoms with Crippen LogP contribution in [0.5, 0.6) is 0 Å². The van der Waals surface area contributed by atoms with E-state index >= 15 is 4.79 Å². The topological polar surface area (TPSA) is 172 Å². The van der Waals surface area contributed by atoms with Gasteiger partial charge in [0.2, 0.25) is 0 Å². The first-order chi connectivity index (χ1) is 30.1. The molecule has 0 aromatic heterocycles. The largest absolute Gasteiger partial charge is 0.458 e. The van der Waals surface area contributed by atoms with E-state index in [1.807, 2.05) is 61.5 Å². The fourth-order valence-corrected chi connectivity index (χ4v) is 10.8. The van der Waals surface area contributed by atoms with Crippen molar-refractivity contribution in [3.63, 3.8) is 0 Å². The van der Waals surface area contributed by atoms with Crippen LogP contribution in [-0.4, -0.2) is 96.7 Å². The lowest BCUT2D eigenvalue weighted by atomic mass is 9.42. The minimum atomic E-state index is -2.02. The normalized spacial score (nSPS) is 30.4. The third-order valence-electron chi connectivity index (χ3n) is 14.2. The number of rotatable bonds is 12. The van der Waals surface area contributed by atoms with Gasteiger partial charge in [0.1, 0.15) is 17.8 Å². The molecule has 2 saturated carbocycles. The first-order valence-corrected chi connectivity index (χ1v) is 21.6. The summed E-state index contributed by atoms with van der Waals surface area (Å²) in [6.07, 6.45) is -2.33. The minimum absolute atomic E-state index is 0.0611.